The maximum atomic E-state index is 12.5. The van der Waals surface area contributed by atoms with Crippen LogP contribution in [0.4, 0.5) is 0 Å². The summed E-state index contributed by atoms with van der Waals surface area (Å²) in [5.74, 6) is 0. The van der Waals surface area contributed by atoms with E-state index in [-0.39, 0.29) is 11.4 Å². The Morgan fingerprint density at radius 1 is 1.00 bits per heavy atom. The number of nitrogens with zero attached hydrogens (tertiary/aromatic N) is 2. The Balaban J connectivity index is 1.78. The number of rotatable bonds is 5. The van der Waals surface area contributed by atoms with Gasteiger partial charge < -0.3 is 0 Å². The Hall–Kier alpha value is -2.57. The van der Waals surface area contributed by atoms with Gasteiger partial charge in [-0.1, -0.05) is 6.07 Å². The molecule has 3 rings (SSSR count). The summed E-state index contributed by atoms with van der Waals surface area (Å²) in [6, 6.07) is 12.5. The monoisotopic (exact) mass is 353 g/mol. The number of aryl methyl sites for hydroxylation is 2. The van der Waals surface area contributed by atoms with Crippen molar-refractivity contribution >= 4 is 10.0 Å². The second kappa shape index (κ2) is 7.13. The van der Waals surface area contributed by atoms with Gasteiger partial charge in [0, 0.05) is 30.7 Å². The minimum atomic E-state index is -3.56. The molecule has 3 aromatic rings. The number of hydrogen-bond acceptors (Lipinski definition) is 4. The van der Waals surface area contributed by atoms with E-state index < -0.39 is 10.0 Å². The van der Waals surface area contributed by atoms with E-state index in [4.69, 9.17) is 0 Å². The van der Waals surface area contributed by atoms with E-state index in [0.717, 1.165) is 27.9 Å². The predicted octanol–water partition coefficient (Wildman–Crippen LogP) is 3.24. The highest BCUT2D eigenvalue weighted by molar-refractivity contribution is 7.89. The molecule has 0 spiro atoms. The summed E-state index contributed by atoms with van der Waals surface area (Å²) < 4.78 is 27.6. The molecule has 0 amide bonds. The molecule has 0 atom stereocenters. The van der Waals surface area contributed by atoms with Crippen LogP contribution in [0.1, 0.15) is 16.7 Å². The Kier molecular flexibility index (Phi) is 4.92. The summed E-state index contributed by atoms with van der Waals surface area (Å²) in [5.41, 5.74) is 4.50. The molecule has 0 aliphatic rings. The highest BCUT2D eigenvalue weighted by atomic mass is 32.2. The number of nitrogens with one attached hydrogen (secondary N) is 1. The molecule has 1 aromatic carbocycles. The molecule has 0 aliphatic heterocycles. The third-order valence-corrected chi connectivity index (χ3v) is 5.44. The maximum Gasteiger partial charge on any atom is 0.240 e. The van der Waals surface area contributed by atoms with Gasteiger partial charge in [-0.15, -0.1) is 0 Å². The zero-order valence-electron chi connectivity index (χ0n) is 14.1. The number of sulfonamides is 1. The van der Waals surface area contributed by atoms with Crippen LogP contribution in [0.3, 0.4) is 0 Å². The van der Waals surface area contributed by atoms with Gasteiger partial charge in [-0.2, -0.15) is 0 Å². The van der Waals surface area contributed by atoms with Crippen molar-refractivity contribution in [2.75, 3.05) is 0 Å². The molecular formula is C19H19N3O2S. The molecule has 0 bridgehead atoms. The quantitative estimate of drug-likeness (QED) is 0.764. The van der Waals surface area contributed by atoms with Crippen LogP contribution in [0.25, 0.3) is 11.3 Å². The van der Waals surface area contributed by atoms with Gasteiger partial charge >= 0.3 is 0 Å². The lowest BCUT2D eigenvalue weighted by atomic mass is 10.1. The molecular weight excluding hydrogens is 334 g/mol. The first kappa shape index (κ1) is 17.3. The summed E-state index contributed by atoms with van der Waals surface area (Å²) in [5, 5.41) is 0. The van der Waals surface area contributed by atoms with E-state index >= 15 is 0 Å². The number of aromatic nitrogens is 2. The van der Waals surface area contributed by atoms with E-state index in [1.807, 2.05) is 38.1 Å². The van der Waals surface area contributed by atoms with Gasteiger partial charge in [0.2, 0.25) is 10.0 Å². The van der Waals surface area contributed by atoms with Crippen molar-refractivity contribution in [1.82, 2.24) is 14.7 Å². The van der Waals surface area contributed by atoms with Gasteiger partial charge in [0.1, 0.15) is 0 Å². The van der Waals surface area contributed by atoms with Crippen LogP contribution in [0, 0.1) is 13.8 Å². The van der Waals surface area contributed by atoms with Gasteiger partial charge in [-0.05, 0) is 66.9 Å². The van der Waals surface area contributed by atoms with Crippen LogP contribution in [0.5, 0.6) is 0 Å². The van der Waals surface area contributed by atoms with Gasteiger partial charge in [-0.25, -0.2) is 13.1 Å². The molecule has 2 aromatic heterocycles. The zero-order chi connectivity index (χ0) is 17.9. The third kappa shape index (κ3) is 4.10. The highest BCUT2D eigenvalue weighted by Crippen LogP contribution is 2.18. The molecule has 2 heterocycles. The standard InChI is InChI=1S/C19H19N3O2S/c1-14-5-6-18(10-15(14)2)25(23,24)22-12-16-7-9-21-19(11-16)17-4-3-8-20-13-17/h3-11,13,22H,12H2,1-2H3. The summed E-state index contributed by atoms with van der Waals surface area (Å²) in [7, 11) is -3.56. The molecule has 128 valence electrons. The van der Waals surface area contributed by atoms with Crippen LogP contribution < -0.4 is 4.72 Å². The largest absolute Gasteiger partial charge is 0.264 e. The fourth-order valence-electron chi connectivity index (χ4n) is 2.40. The molecule has 25 heavy (non-hydrogen) atoms. The lowest BCUT2D eigenvalue weighted by Gasteiger charge is -2.09. The van der Waals surface area contributed by atoms with Crippen molar-refractivity contribution in [3.05, 3.63) is 77.7 Å². The Labute approximate surface area is 147 Å². The predicted molar refractivity (Wildman–Crippen MR) is 97.4 cm³/mol. The second-order valence-corrected chi connectivity index (χ2v) is 7.63. The summed E-state index contributed by atoms with van der Waals surface area (Å²) in [6.07, 6.45) is 5.10. The molecule has 5 nitrogen and oxygen atoms in total. The van der Waals surface area contributed by atoms with Crippen LogP contribution in [0.2, 0.25) is 0 Å². The Bertz CT molecular complexity index is 987. The van der Waals surface area contributed by atoms with Gasteiger partial charge in [0.15, 0.2) is 0 Å². The van der Waals surface area contributed by atoms with Gasteiger partial charge in [0.25, 0.3) is 0 Å². The fourth-order valence-corrected chi connectivity index (χ4v) is 3.50. The lowest BCUT2D eigenvalue weighted by molar-refractivity contribution is 0.581. The molecule has 0 aliphatic carbocycles. The fraction of sp³-hybridized carbons (Fsp3) is 0.158. The van der Waals surface area contributed by atoms with Crippen molar-refractivity contribution in [2.45, 2.75) is 25.3 Å². The van der Waals surface area contributed by atoms with Crippen molar-refractivity contribution in [3.8, 4) is 11.3 Å². The van der Waals surface area contributed by atoms with Gasteiger partial charge in [-0.3, -0.25) is 9.97 Å². The average molecular weight is 353 g/mol. The normalized spacial score (nSPS) is 11.4. The second-order valence-electron chi connectivity index (χ2n) is 5.86. The van der Waals surface area contributed by atoms with Crippen molar-refractivity contribution in [2.24, 2.45) is 0 Å². The minimum absolute atomic E-state index is 0.199. The smallest absolute Gasteiger partial charge is 0.240 e. The molecule has 0 radical (unpaired) electrons. The topological polar surface area (TPSA) is 72.0 Å². The first-order chi connectivity index (χ1) is 12.0. The average Bonchev–Trinajstić information content (AvgIpc) is 2.63. The molecule has 1 N–H and O–H groups in total. The lowest BCUT2D eigenvalue weighted by Crippen LogP contribution is -2.23. The van der Waals surface area contributed by atoms with Crippen molar-refractivity contribution in [1.29, 1.82) is 0 Å². The summed E-state index contributed by atoms with van der Waals surface area (Å²) >= 11 is 0. The molecule has 0 saturated carbocycles. The first-order valence-corrected chi connectivity index (χ1v) is 9.36. The third-order valence-electron chi connectivity index (χ3n) is 4.04. The summed E-state index contributed by atoms with van der Waals surface area (Å²) in [4.78, 5) is 8.67. The highest BCUT2D eigenvalue weighted by Gasteiger charge is 2.14. The number of hydrogen-bond donors (Lipinski definition) is 1. The summed E-state index contributed by atoms with van der Waals surface area (Å²) in [6.45, 7) is 4.05. The number of pyridine rings is 2. The molecule has 6 heteroatoms. The SMILES string of the molecule is Cc1ccc(S(=O)(=O)NCc2ccnc(-c3cccnc3)c2)cc1C. The van der Waals surface area contributed by atoms with Crippen LogP contribution >= 0.6 is 0 Å². The molecule has 0 unspecified atom stereocenters. The van der Waals surface area contributed by atoms with E-state index in [0.29, 0.717) is 0 Å². The van der Waals surface area contributed by atoms with E-state index in [1.54, 1.807) is 36.8 Å². The van der Waals surface area contributed by atoms with Crippen molar-refractivity contribution < 1.29 is 8.42 Å². The van der Waals surface area contributed by atoms with Crippen LogP contribution in [-0.2, 0) is 16.6 Å². The van der Waals surface area contributed by atoms with E-state index in [9.17, 15) is 8.42 Å². The Morgan fingerprint density at radius 3 is 2.56 bits per heavy atom. The zero-order valence-corrected chi connectivity index (χ0v) is 14.9. The van der Waals surface area contributed by atoms with Crippen molar-refractivity contribution in [3.63, 3.8) is 0 Å². The molecule has 0 fully saturated rings. The Morgan fingerprint density at radius 2 is 1.84 bits per heavy atom. The van der Waals surface area contributed by atoms with Crippen LogP contribution in [0.15, 0.2) is 66.0 Å². The van der Waals surface area contributed by atoms with E-state index in [1.165, 1.54) is 0 Å². The minimum Gasteiger partial charge on any atom is -0.264 e. The van der Waals surface area contributed by atoms with E-state index in [2.05, 4.69) is 14.7 Å². The maximum absolute atomic E-state index is 12.5. The van der Waals surface area contributed by atoms with Crippen LogP contribution in [-0.4, -0.2) is 18.4 Å². The molecule has 0 saturated heterocycles. The van der Waals surface area contributed by atoms with Gasteiger partial charge in [0.05, 0.1) is 10.6 Å². The number of benzene rings is 1. The first-order valence-electron chi connectivity index (χ1n) is 7.88.